The summed E-state index contributed by atoms with van der Waals surface area (Å²) < 4.78 is 38.4. The molecule has 10 nitrogen and oxygen atoms in total. The van der Waals surface area contributed by atoms with E-state index in [0.29, 0.717) is 33.7 Å². The number of fused-ring (bicyclic) bond motifs is 4. The van der Waals surface area contributed by atoms with E-state index in [0.717, 1.165) is 14.3 Å². The molecule has 12 heteroatoms. The van der Waals surface area contributed by atoms with Crippen LogP contribution in [0.1, 0.15) is 5.69 Å². The Morgan fingerprint density at radius 2 is 1.97 bits per heavy atom. The maximum atomic E-state index is 12.9. The first-order valence-electron chi connectivity index (χ1n) is 8.84. The van der Waals surface area contributed by atoms with Gasteiger partial charge in [0.1, 0.15) is 4.90 Å². The number of nitrogens with one attached hydrogen (secondary N) is 1. The summed E-state index contributed by atoms with van der Waals surface area (Å²) in [5.74, 6) is 1.56. The number of azo groups is 1. The minimum atomic E-state index is -3.81. The van der Waals surface area contributed by atoms with Gasteiger partial charge in [-0.3, -0.25) is 0 Å². The van der Waals surface area contributed by atoms with Gasteiger partial charge in [0.25, 0.3) is 10.0 Å². The van der Waals surface area contributed by atoms with Crippen molar-refractivity contribution in [3.63, 3.8) is 0 Å². The molecule has 0 spiro atoms. The van der Waals surface area contributed by atoms with Crippen molar-refractivity contribution in [1.29, 1.82) is 0 Å². The van der Waals surface area contributed by atoms with Gasteiger partial charge in [0, 0.05) is 12.1 Å². The predicted octanol–water partition coefficient (Wildman–Crippen LogP) is 4.24. The molecule has 0 atom stereocenters. The Bertz CT molecular complexity index is 1450. The van der Waals surface area contributed by atoms with E-state index in [2.05, 4.69) is 25.6 Å². The molecular formula is C18H12N6O4S2. The van der Waals surface area contributed by atoms with Crippen LogP contribution in [0, 0.1) is 6.92 Å². The predicted molar refractivity (Wildman–Crippen MR) is 109 cm³/mol. The highest BCUT2D eigenvalue weighted by Gasteiger charge is 2.33. The molecule has 0 bridgehead atoms. The zero-order valence-electron chi connectivity index (χ0n) is 15.4. The average molecular weight is 440 g/mol. The molecule has 4 heterocycles. The third-order valence-corrected chi connectivity index (χ3v) is 7.29. The molecule has 0 aliphatic carbocycles. The van der Waals surface area contributed by atoms with Crippen molar-refractivity contribution in [3.05, 3.63) is 42.1 Å². The Balaban J connectivity index is 1.41. The van der Waals surface area contributed by atoms with E-state index >= 15 is 0 Å². The van der Waals surface area contributed by atoms with Gasteiger partial charge < -0.3 is 14.8 Å². The first-order valence-corrected chi connectivity index (χ1v) is 11.1. The Labute approximate surface area is 173 Å². The number of rotatable bonds is 2. The van der Waals surface area contributed by atoms with Crippen molar-refractivity contribution >= 4 is 53.9 Å². The van der Waals surface area contributed by atoms with Crippen molar-refractivity contribution < 1.29 is 17.9 Å². The highest BCUT2D eigenvalue weighted by atomic mass is 32.2. The number of para-hydroxylation sites is 1. The molecule has 2 aliphatic rings. The van der Waals surface area contributed by atoms with Gasteiger partial charge in [-0.15, -0.1) is 14.3 Å². The van der Waals surface area contributed by atoms with Crippen LogP contribution in [0.3, 0.4) is 0 Å². The second-order valence-electron chi connectivity index (χ2n) is 6.62. The van der Waals surface area contributed by atoms with Crippen LogP contribution in [0.25, 0.3) is 10.2 Å². The highest BCUT2D eigenvalue weighted by Crippen LogP contribution is 2.42. The molecular weight excluding hydrogens is 428 g/mol. The number of benzene rings is 2. The molecule has 2 aromatic heterocycles. The Morgan fingerprint density at radius 1 is 1.17 bits per heavy atom. The summed E-state index contributed by atoms with van der Waals surface area (Å²) in [4.78, 5) is 4.61. The Hall–Kier alpha value is -3.51. The Morgan fingerprint density at radius 3 is 2.83 bits per heavy atom. The second-order valence-corrected chi connectivity index (χ2v) is 9.37. The summed E-state index contributed by atoms with van der Waals surface area (Å²) in [6.45, 7) is 1.88. The quantitative estimate of drug-likeness (QED) is 0.408. The standard InChI is InChI=1S/C18H12N6O4S2/c1-9-16(17-19-10-4-2-3-5-15(10)30(25,26)24(17)23-9)21-22-18-20-11-6-12-13(28-8-27-12)7-14(11)29-18/h2-7,19H,8H2,1H3/b22-21+. The number of hydrogen-bond donors (Lipinski definition) is 1. The smallest absolute Gasteiger partial charge is 0.287 e. The normalized spacial score (nSPS) is 15.9. The van der Waals surface area contributed by atoms with Crippen molar-refractivity contribution in [2.75, 3.05) is 12.1 Å². The minimum absolute atomic E-state index is 0.159. The maximum absolute atomic E-state index is 12.9. The van der Waals surface area contributed by atoms with Crippen LogP contribution >= 0.6 is 11.3 Å². The minimum Gasteiger partial charge on any atom is -0.454 e. The van der Waals surface area contributed by atoms with E-state index in [1.807, 2.05) is 6.07 Å². The first kappa shape index (κ1) is 17.4. The fourth-order valence-electron chi connectivity index (χ4n) is 3.35. The molecule has 1 N–H and O–H groups in total. The molecule has 0 unspecified atom stereocenters. The van der Waals surface area contributed by atoms with E-state index in [1.165, 1.54) is 17.4 Å². The number of nitrogens with zero attached hydrogens (tertiary/aromatic N) is 5. The lowest BCUT2D eigenvalue weighted by molar-refractivity contribution is 0.174. The van der Waals surface area contributed by atoms with Crippen LogP contribution in [0.2, 0.25) is 0 Å². The molecule has 0 amide bonds. The van der Waals surface area contributed by atoms with Gasteiger partial charge in [-0.1, -0.05) is 23.5 Å². The SMILES string of the molecule is Cc1nn2c(c1/N=N/c1nc3cc4c(cc3s1)OCO4)Nc1ccccc1S2(=O)=O. The van der Waals surface area contributed by atoms with E-state index < -0.39 is 10.0 Å². The van der Waals surface area contributed by atoms with Gasteiger partial charge in [-0.05, 0) is 19.1 Å². The van der Waals surface area contributed by atoms with Gasteiger partial charge in [0.2, 0.25) is 11.9 Å². The van der Waals surface area contributed by atoms with Crippen LogP contribution in [-0.2, 0) is 10.0 Å². The van der Waals surface area contributed by atoms with Gasteiger partial charge in [-0.25, -0.2) is 4.98 Å². The number of hydrogen-bond acceptors (Lipinski definition) is 10. The highest BCUT2D eigenvalue weighted by molar-refractivity contribution is 7.90. The number of anilines is 2. The summed E-state index contributed by atoms with van der Waals surface area (Å²) >= 11 is 1.34. The molecule has 30 heavy (non-hydrogen) atoms. The van der Waals surface area contributed by atoms with Crippen molar-refractivity contribution in [2.45, 2.75) is 11.8 Å². The third kappa shape index (κ3) is 2.44. The fraction of sp³-hybridized carbons (Fsp3) is 0.111. The average Bonchev–Trinajstić information content (AvgIpc) is 3.41. The van der Waals surface area contributed by atoms with Crippen LogP contribution in [-0.4, -0.2) is 29.4 Å². The van der Waals surface area contributed by atoms with Gasteiger partial charge in [0.05, 0.1) is 21.6 Å². The number of aromatic nitrogens is 3. The number of aryl methyl sites for hydroxylation is 1. The molecule has 150 valence electrons. The zero-order chi connectivity index (χ0) is 20.5. The summed E-state index contributed by atoms with van der Waals surface area (Å²) in [5, 5.41) is 16.2. The van der Waals surface area contributed by atoms with Crippen molar-refractivity contribution in [2.24, 2.45) is 10.2 Å². The van der Waals surface area contributed by atoms with Crippen LogP contribution in [0.4, 0.5) is 22.3 Å². The lowest BCUT2D eigenvalue weighted by Crippen LogP contribution is -2.22. The van der Waals surface area contributed by atoms with Crippen LogP contribution in [0.15, 0.2) is 51.5 Å². The number of thiazole rings is 1. The summed E-state index contributed by atoms with van der Waals surface area (Å²) in [7, 11) is -3.81. The van der Waals surface area contributed by atoms with Gasteiger partial charge >= 0.3 is 0 Å². The third-order valence-electron chi connectivity index (χ3n) is 4.75. The molecule has 0 saturated heterocycles. The fourth-order valence-corrected chi connectivity index (χ4v) is 5.59. The Kier molecular flexibility index (Phi) is 3.47. The van der Waals surface area contributed by atoms with Gasteiger partial charge in [0.15, 0.2) is 23.0 Å². The van der Waals surface area contributed by atoms with Crippen molar-refractivity contribution in [3.8, 4) is 11.5 Å². The molecule has 0 fully saturated rings. The zero-order valence-corrected chi connectivity index (χ0v) is 17.0. The molecule has 2 aliphatic heterocycles. The summed E-state index contributed by atoms with van der Waals surface area (Å²) in [5.41, 5.74) is 1.96. The topological polar surface area (TPSA) is 120 Å². The second kappa shape index (κ2) is 6.00. The molecule has 2 aromatic carbocycles. The largest absolute Gasteiger partial charge is 0.454 e. The van der Waals surface area contributed by atoms with E-state index in [1.54, 1.807) is 31.2 Å². The molecule has 0 radical (unpaired) electrons. The monoisotopic (exact) mass is 440 g/mol. The lowest BCUT2D eigenvalue weighted by atomic mass is 10.3. The van der Waals surface area contributed by atoms with Crippen LogP contribution < -0.4 is 14.8 Å². The maximum Gasteiger partial charge on any atom is 0.287 e. The molecule has 4 aromatic rings. The number of ether oxygens (including phenoxy) is 2. The van der Waals surface area contributed by atoms with E-state index in [-0.39, 0.29) is 17.5 Å². The van der Waals surface area contributed by atoms with Gasteiger partial charge in [-0.2, -0.15) is 13.5 Å². The van der Waals surface area contributed by atoms with Crippen LogP contribution in [0.5, 0.6) is 11.5 Å². The summed E-state index contributed by atoms with van der Waals surface area (Å²) in [6, 6.07) is 10.3. The summed E-state index contributed by atoms with van der Waals surface area (Å²) in [6.07, 6.45) is 0. The molecule has 0 saturated carbocycles. The lowest BCUT2D eigenvalue weighted by Gasteiger charge is -2.19. The van der Waals surface area contributed by atoms with E-state index in [9.17, 15) is 8.42 Å². The first-order chi connectivity index (χ1) is 14.5. The van der Waals surface area contributed by atoms with Crippen molar-refractivity contribution in [1.82, 2.24) is 14.2 Å². The van der Waals surface area contributed by atoms with E-state index in [4.69, 9.17) is 9.47 Å². The molecule has 6 rings (SSSR count).